The highest BCUT2D eigenvalue weighted by atomic mass is 35.5. The number of nitrogens with zero attached hydrogens (tertiary/aromatic N) is 6. The van der Waals surface area contributed by atoms with Gasteiger partial charge in [0.25, 0.3) is 0 Å². The van der Waals surface area contributed by atoms with Gasteiger partial charge >= 0.3 is 0 Å². The number of rotatable bonds is 3. The number of pyridine rings is 2. The van der Waals surface area contributed by atoms with Crippen LogP contribution >= 0.6 is 11.6 Å². The van der Waals surface area contributed by atoms with Crippen LogP contribution in [0.2, 0.25) is 5.02 Å². The quantitative estimate of drug-likeness (QED) is 0.437. The molecule has 10 heteroatoms. The van der Waals surface area contributed by atoms with Crippen molar-refractivity contribution >= 4 is 22.6 Å². The maximum atomic E-state index is 14.5. The van der Waals surface area contributed by atoms with Crippen molar-refractivity contribution in [3.63, 3.8) is 0 Å². The molecule has 0 saturated carbocycles. The fourth-order valence-electron chi connectivity index (χ4n) is 3.84. The van der Waals surface area contributed by atoms with E-state index in [-0.39, 0.29) is 0 Å². The molecule has 0 unspecified atom stereocenters. The summed E-state index contributed by atoms with van der Waals surface area (Å²) in [4.78, 5) is 13.9. The Kier molecular flexibility index (Phi) is 4.44. The molecule has 1 aliphatic heterocycles. The second-order valence-electron chi connectivity index (χ2n) is 7.48. The number of benzene rings is 1. The monoisotopic (exact) mass is 446 g/mol. The molecule has 4 aromatic heterocycles. The van der Waals surface area contributed by atoms with E-state index in [9.17, 15) is 4.39 Å². The highest BCUT2D eigenvalue weighted by Crippen LogP contribution is 2.33. The Labute approximate surface area is 186 Å². The summed E-state index contributed by atoms with van der Waals surface area (Å²) in [7, 11) is 0. The molecule has 2 N–H and O–H groups in total. The van der Waals surface area contributed by atoms with Crippen LogP contribution in [0.4, 0.5) is 4.39 Å². The first-order valence-corrected chi connectivity index (χ1v) is 10.4. The number of fused-ring (bicyclic) bond motifs is 2. The summed E-state index contributed by atoms with van der Waals surface area (Å²) in [5.41, 5.74) is 4.27. The van der Waals surface area contributed by atoms with Gasteiger partial charge in [-0.3, -0.25) is 10.1 Å². The molecule has 32 heavy (non-hydrogen) atoms. The molecule has 1 aromatic carbocycles. The third kappa shape index (κ3) is 3.22. The lowest BCUT2D eigenvalue weighted by Crippen LogP contribution is -2.28. The van der Waals surface area contributed by atoms with Crippen molar-refractivity contribution in [2.45, 2.75) is 13.1 Å². The van der Waals surface area contributed by atoms with Crippen molar-refractivity contribution < 1.29 is 4.39 Å². The van der Waals surface area contributed by atoms with Crippen LogP contribution in [0.15, 0.2) is 48.8 Å². The van der Waals surface area contributed by atoms with E-state index in [0.29, 0.717) is 45.4 Å². The summed E-state index contributed by atoms with van der Waals surface area (Å²) in [6.07, 6.45) is 3.45. The molecule has 0 aliphatic carbocycles. The molecule has 0 saturated heterocycles. The summed E-state index contributed by atoms with van der Waals surface area (Å²) in [6.45, 7) is 2.35. The molecule has 1 aliphatic rings. The van der Waals surface area contributed by atoms with Crippen molar-refractivity contribution in [1.82, 2.24) is 40.2 Å². The van der Waals surface area contributed by atoms with Crippen LogP contribution in [-0.2, 0) is 13.1 Å². The molecule has 5 heterocycles. The molecule has 0 amide bonds. The summed E-state index contributed by atoms with van der Waals surface area (Å²) >= 11 is 6.08. The second kappa shape index (κ2) is 7.47. The van der Waals surface area contributed by atoms with E-state index in [0.717, 1.165) is 30.0 Å². The first-order chi connectivity index (χ1) is 15.7. The minimum Gasteiger partial charge on any atom is -0.308 e. The van der Waals surface area contributed by atoms with Crippen LogP contribution in [-0.4, -0.2) is 41.5 Å². The average Bonchev–Trinajstić information content (AvgIpc) is 3.47. The predicted molar refractivity (Wildman–Crippen MR) is 118 cm³/mol. The van der Waals surface area contributed by atoms with E-state index in [4.69, 9.17) is 16.6 Å². The van der Waals surface area contributed by atoms with Crippen LogP contribution < -0.4 is 5.32 Å². The van der Waals surface area contributed by atoms with Crippen molar-refractivity contribution in [2.24, 2.45) is 0 Å². The van der Waals surface area contributed by atoms with Gasteiger partial charge in [0.2, 0.25) is 0 Å². The Bertz CT molecular complexity index is 1450. The first kappa shape index (κ1) is 19.0. The highest BCUT2D eigenvalue weighted by Gasteiger charge is 2.18. The summed E-state index contributed by atoms with van der Waals surface area (Å²) in [6, 6.07) is 10.0. The van der Waals surface area contributed by atoms with Crippen molar-refractivity contribution in [3.8, 4) is 33.9 Å². The van der Waals surface area contributed by atoms with Gasteiger partial charge in [0.15, 0.2) is 5.82 Å². The molecule has 6 rings (SSSR count). The Balaban J connectivity index is 1.43. The third-order valence-corrected chi connectivity index (χ3v) is 5.66. The maximum absolute atomic E-state index is 14.5. The van der Waals surface area contributed by atoms with Gasteiger partial charge in [0.05, 0.1) is 29.8 Å². The number of halogens is 2. The number of hydrogen-bond acceptors (Lipinski definition) is 6. The largest absolute Gasteiger partial charge is 0.308 e. The second-order valence-corrected chi connectivity index (χ2v) is 7.92. The normalized spacial score (nSPS) is 13.4. The summed E-state index contributed by atoms with van der Waals surface area (Å²) in [5.74, 6) is 1.12. The van der Waals surface area contributed by atoms with Gasteiger partial charge in [0.1, 0.15) is 17.3 Å². The van der Waals surface area contributed by atoms with Gasteiger partial charge in [-0.25, -0.2) is 19.0 Å². The van der Waals surface area contributed by atoms with Crippen molar-refractivity contribution in [1.29, 1.82) is 0 Å². The molecule has 0 fully saturated rings. The minimum absolute atomic E-state index is 0.309. The topological polar surface area (TPSA) is 97.2 Å². The molecular formula is C22H16ClFN8. The lowest BCUT2D eigenvalue weighted by molar-refractivity contribution is 0.469. The van der Waals surface area contributed by atoms with E-state index >= 15 is 0 Å². The van der Waals surface area contributed by atoms with Crippen LogP contribution in [0.3, 0.4) is 0 Å². The molecule has 0 atom stereocenters. The molecule has 5 aromatic rings. The fraction of sp³-hybridized carbons (Fsp3) is 0.136. The lowest BCUT2D eigenvalue weighted by atomic mass is 10.0. The number of H-pyrrole nitrogens is 1. The summed E-state index contributed by atoms with van der Waals surface area (Å²) in [5, 5.41) is 15.4. The van der Waals surface area contributed by atoms with E-state index < -0.39 is 5.82 Å². The summed E-state index contributed by atoms with van der Waals surface area (Å²) < 4.78 is 16.4. The number of aromatic amines is 1. The van der Waals surface area contributed by atoms with Gasteiger partial charge in [-0.05, 0) is 36.4 Å². The Morgan fingerprint density at radius 3 is 2.88 bits per heavy atom. The van der Waals surface area contributed by atoms with Crippen LogP contribution in [0, 0.1) is 5.82 Å². The third-order valence-electron chi connectivity index (χ3n) is 5.43. The van der Waals surface area contributed by atoms with E-state index in [1.807, 2.05) is 22.9 Å². The number of hydrogen-bond donors (Lipinski definition) is 2. The lowest BCUT2D eigenvalue weighted by Gasteiger charge is -2.11. The maximum Gasteiger partial charge on any atom is 0.183 e. The minimum atomic E-state index is -0.406. The molecule has 158 valence electrons. The van der Waals surface area contributed by atoms with Crippen molar-refractivity contribution in [3.05, 3.63) is 65.5 Å². The predicted octanol–water partition coefficient (Wildman–Crippen LogP) is 3.84. The Morgan fingerprint density at radius 1 is 1.03 bits per heavy atom. The zero-order valence-electron chi connectivity index (χ0n) is 16.7. The van der Waals surface area contributed by atoms with Crippen LogP contribution in [0.5, 0.6) is 0 Å². The SMILES string of the molecule is Fc1ccc(Cl)cc1-c1n[nH]cc1-c1ccc2ncc(-c3nc4n(n3)CCNC4)cc2n1. The number of nitrogens with one attached hydrogen (secondary N) is 2. The van der Waals surface area contributed by atoms with Gasteiger partial charge in [0, 0.05) is 40.7 Å². The van der Waals surface area contributed by atoms with Crippen molar-refractivity contribution in [2.75, 3.05) is 6.54 Å². The van der Waals surface area contributed by atoms with Gasteiger partial charge in [-0.15, -0.1) is 0 Å². The van der Waals surface area contributed by atoms with E-state index in [2.05, 4.69) is 30.6 Å². The van der Waals surface area contributed by atoms with E-state index in [1.54, 1.807) is 18.5 Å². The van der Waals surface area contributed by atoms with Gasteiger partial charge < -0.3 is 5.32 Å². The fourth-order valence-corrected chi connectivity index (χ4v) is 4.01. The van der Waals surface area contributed by atoms with Crippen LogP contribution in [0.25, 0.3) is 44.9 Å². The molecular weight excluding hydrogens is 431 g/mol. The first-order valence-electron chi connectivity index (χ1n) is 10.1. The van der Waals surface area contributed by atoms with E-state index in [1.165, 1.54) is 12.1 Å². The standard InChI is InChI=1S/C22H16ClFN8/c23-13-1-2-16(24)14(8-13)21-15(10-27-30-21)17-3-4-18-19(28-17)7-12(9-26-18)22-29-20-11-25-5-6-32(20)31-22/h1-4,7-10,25H,5-6,11H2,(H,27,30). The zero-order valence-corrected chi connectivity index (χ0v) is 17.4. The molecule has 0 radical (unpaired) electrons. The zero-order chi connectivity index (χ0) is 21.7. The average molecular weight is 447 g/mol. The number of aromatic nitrogens is 7. The Hall–Kier alpha value is -3.69. The molecule has 0 spiro atoms. The molecule has 8 nitrogen and oxygen atoms in total. The Morgan fingerprint density at radius 2 is 1.97 bits per heavy atom. The smallest absolute Gasteiger partial charge is 0.183 e. The highest BCUT2D eigenvalue weighted by molar-refractivity contribution is 6.30. The molecule has 0 bridgehead atoms. The van der Waals surface area contributed by atoms with Gasteiger partial charge in [-0.2, -0.15) is 10.2 Å². The van der Waals surface area contributed by atoms with Crippen LogP contribution in [0.1, 0.15) is 5.82 Å². The van der Waals surface area contributed by atoms with Gasteiger partial charge in [-0.1, -0.05) is 11.6 Å².